The van der Waals surface area contributed by atoms with Crippen LogP contribution >= 0.6 is 0 Å². The van der Waals surface area contributed by atoms with Crippen molar-refractivity contribution in [2.24, 2.45) is 0 Å². The van der Waals surface area contributed by atoms with E-state index < -0.39 is 0 Å². The summed E-state index contributed by atoms with van der Waals surface area (Å²) in [6, 6.07) is 27.1. The Morgan fingerprint density at radius 2 is 1.53 bits per heavy atom. The molecule has 0 aliphatic heterocycles. The first-order valence-electron chi connectivity index (χ1n) is 9.42. The lowest BCUT2D eigenvalue weighted by atomic mass is 10.2. The molecular formula is C23H18N6O. The smallest absolute Gasteiger partial charge is 0.170 e. The predicted molar refractivity (Wildman–Crippen MR) is 117 cm³/mol. The van der Waals surface area contributed by atoms with Crippen molar-refractivity contribution in [3.63, 3.8) is 0 Å². The summed E-state index contributed by atoms with van der Waals surface area (Å²) in [6.07, 6.45) is 1.44. The molecule has 0 spiro atoms. The van der Waals surface area contributed by atoms with E-state index in [9.17, 15) is 0 Å². The molecule has 0 aliphatic carbocycles. The first-order chi connectivity index (χ1) is 14.8. The normalized spacial score (nSPS) is 10.8. The number of para-hydroxylation sites is 2. The van der Waals surface area contributed by atoms with Crippen molar-refractivity contribution in [3.8, 4) is 17.2 Å². The molecule has 0 unspecified atom stereocenters. The van der Waals surface area contributed by atoms with E-state index in [2.05, 4.69) is 15.3 Å². The summed E-state index contributed by atoms with van der Waals surface area (Å²) in [5, 5.41) is 8.71. The topological polar surface area (TPSA) is 90.9 Å². The molecule has 0 radical (unpaired) electrons. The van der Waals surface area contributed by atoms with Gasteiger partial charge in [-0.3, -0.25) is 0 Å². The van der Waals surface area contributed by atoms with Gasteiger partial charge in [0.05, 0.1) is 5.69 Å². The molecule has 0 amide bonds. The van der Waals surface area contributed by atoms with Crippen molar-refractivity contribution < 1.29 is 4.74 Å². The monoisotopic (exact) mass is 394 g/mol. The molecule has 2 aromatic heterocycles. The van der Waals surface area contributed by atoms with Gasteiger partial charge in [-0.25, -0.2) is 14.6 Å². The van der Waals surface area contributed by atoms with E-state index in [1.165, 1.54) is 6.33 Å². The highest BCUT2D eigenvalue weighted by Gasteiger charge is 2.17. The molecule has 146 valence electrons. The molecule has 0 fully saturated rings. The minimum Gasteiger partial charge on any atom is -0.457 e. The zero-order valence-corrected chi connectivity index (χ0v) is 15.9. The quantitative estimate of drug-likeness (QED) is 0.439. The van der Waals surface area contributed by atoms with Crippen LogP contribution in [0.2, 0.25) is 0 Å². The van der Waals surface area contributed by atoms with Gasteiger partial charge < -0.3 is 15.8 Å². The van der Waals surface area contributed by atoms with Crippen LogP contribution in [0.1, 0.15) is 0 Å². The van der Waals surface area contributed by atoms with E-state index in [0.717, 1.165) is 17.1 Å². The van der Waals surface area contributed by atoms with E-state index >= 15 is 0 Å². The Kier molecular flexibility index (Phi) is 4.46. The molecule has 3 N–H and O–H groups in total. The van der Waals surface area contributed by atoms with E-state index in [1.54, 1.807) is 4.68 Å². The van der Waals surface area contributed by atoms with Crippen LogP contribution in [0, 0.1) is 0 Å². The molecule has 5 rings (SSSR count). The van der Waals surface area contributed by atoms with Crippen molar-refractivity contribution in [3.05, 3.63) is 91.3 Å². The molecule has 0 bridgehead atoms. The van der Waals surface area contributed by atoms with Crippen LogP contribution in [0.3, 0.4) is 0 Å². The number of rotatable bonds is 5. The minimum absolute atomic E-state index is 0.362. The van der Waals surface area contributed by atoms with Gasteiger partial charge in [-0.05, 0) is 36.4 Å². The Morgan fingerprint density at radius 1 is 0.800 bits per heavy atom. The van der Waals surface area contributed by atoms with Gasteiger partial charge in [0, 0.05) is 11.8 Å². The predicted octanol–water partition coefficient (Wildman–Crippen LogP) is 4.93. The van der Waals surface area contributed by atoms with Gasteiger partial charge in [-0.2, -0.15) is 0 Å². The number of benzene rings is 3. The summed E-state index contributed by atoms with van der Waals surface area (Å²) in [5.41, 5.74) is 8.49. The van der Waals surface area contributed by atoms with Crippen LogP contribution in [0.25, 0.3) is 16.7 Å². The van der Waals surface area contributed by atoms with Crippen LogP contribution < -0.4 is 15.8 Å². The number of nitrogens with one attached hydrogen (secondary N) is 1. The molecule has 0 saturated heterocycles. The Hall–Kier alpha value is -4.39. The highest BCUT2D eigenvalue weighted by atomic mass is 16.5. The van der Waals surface area contributed by atoms with Gasteiger partial charge in [-0.15, -0.1) is 5.10 Å². The highest BCUT2D eigenvalue weighted by molar-refractivity contribution is 5.97. The number of nitrogen functional groups attached to an aromatic ring is 1. The van der Waals surface area contributed by atoms with Gasteiger partial charge in [0.1, 0.15) is 29.0 Å². The lowest BCUT2D eigenvalue weighted by molar-refractivity contribution is 0.483. The summed E-state index contributed by atoms with van der Waals surface area (Å²) in [7, 11) is 0. The third-order valence-corrected chi connectivity index (χ3v) is 4.57. The average Bonchev–Trinajstić information content (AvgIpc) is 3.15. The number of nitrogens with two attached hydrogens (primary N) is 1. The van der Waals surface area contributed by atoms with Crippen molar-refractivity contribution >= 4 is 28.4 Å². The molecule has 2 heterocycles. The fourth-order valence-electron chi connectivity index (χ4n) is 3.21. The van der Waals surface area contributed by atoms with Crippen LogP contribution in [-0.4, -0.2) is 19.7 Å². The highest BCUT2D eigenvalue weighted by Crippen LogP contribution is 2.31. The second-order valence-electron chi connectivity index (χ2n) is 6.62. The van der Waals surface area contributed by atoms with Crippen LogP contribution in [-0.2, 0) is 0 Å². The number of nitrogens with zero attached hydrogens (tertiary/aromatic N) is 4. The molecule has 3 aromatic carbocycles. The van der Waals surface area contributed by atoms with Crippen LogP contribution in [0.5, 0.6) is 11.5 Å². The summed E-state index contributed by atoms with van der Waals surface area (Å²) >= 11 is 0. The van der Waals surface area contributed by atoms with Gasteiger partial charge in [0.2, 0.25) is 0 Å². The maximum Gasteiger partial charge on any atom is 0.170 e. The molecule has 7 heteroatoms. The van der Waals surface area contributed by atoms with E-state index in [4.69, 9.17) is 15.6 Å². The summed E-state index contributed by atoms with van der Waals surface area (Å²) in [6.45, 7) is 0. The summed E-state index contributed by atoms with van der Waals surface area (Å²) in [5.74, 6) is 2.42. The fraction of sp³-hybridized carbons (Fsp3) is 0. The molecule has 7 nitrogen and oxygen atoms in total. The van der Waals surface area contributed by atoms with E-state index in [1.807, 2.05) is 84.9 Å². The number of aromatic nitrogens is 4. The molecule has 0 atom stereocenters. The zero-order chi connectivity index (χ0) is 20.3. The van der Waals surface area contributed by atoms with Crippen molar-refractivity contribution in [2.75, 3.05) is 11.1 Å². The van der Waals surface area contributed by atoms with Gasteiger partial charge >= 0.3 is 0 Å². The zero-order valence-electron chi connectivity index (χ0n) is 15.9. The SMILES string of the molecule is Nc1ncnc2c1c(Nc1cccc(Oc3ccccc3)c1)nn2-c1ccccc1. The van der Waals surface area contributed by atoms with Gasteiger partial charge in [0.25, 0.3) is 0 Å². The van der Waals surface area contributed by atoms with Crippen molar-refractivity contribution in [2.45, 2.75) is 0 Å². The maximum absolute atomic E-state index is 6.17. The standard InChI is InChI=1S/C23H18N6O/c24-21-20-22(28-29(23(20)26-15-25-21)17-9-3-1-4-10-17)27-16-8-7-13-19(14-16)30-18-11-5-2-6-12-18/h1-15H,(H,27,28)(H2,24,25,26). The molecule has 30 heavy (non-hydrogen) atoms. The number of ether oxygens (including phenoxy) is 1. The lowest BCUT2D eigenvalue weighted by Crippen LogP contribution is -1.98. The third kappa shape index (κ3) is 3.40. The summed E-state index contributed by atoms with van der Waals surface area (Å²) < 4.78 is 7.68. The average molecular weight is 394 g/mol. The molecule has 0 aliphatic rings. The Morgan fingerprint density at radius 3 is 2.33 bits per heavy atom. The number of hydrogen-bond acceptors (Lipinski definition) is 6. The van der Waals surface area contributed by atoms with E-state index in [-0.39, 0.29) is 0 Å². The molecule has 5 aromatic rings. The van der Waals surface area contributed by atoms with E-state index in [0.29, 0.717) is 28.4 Å². The van der Waals surface area contributed by atoms with Gasteiger partial charge in [-0.1, -0.05) is 42.5 Å². The second kappa shape index (κ2) is 7.56. The Labute approximate surface area is 172 Å². The molecular weight excluding hydrogens is 376 g/mol. The maximum atomic E-state index is 6.17. The van der Waals surface area contributed by atoms with Gasteiger partial charge in [0.15, 0.2) is 11.5 Å². The number of fused-ring (bicyclic) bond motifs is 1. The number of hydrogen-bond donors (Lipinski definition) is 2. The Bertz CT molecular complexity index is 1300. The second-order valence-corrected chi connectivity index (χ2v) is 6.62. The van der Waals surface area contributed by atoms with Crippen molar-refractivity contribution in [1.82, 2.24) is 19.7 Å². The lowest BCUT2D eigenvalue weighted by Gasteiger charge is -2.08. The Balaban J connectivity index is 1.52. The third-order valence-electron chi connectivity index (χ3n) is 4.57. The fourth-order valence-corrected chi connectivity index (χ4v) is 3.21. The first kappa shape index (κ1) is 17.7. The summed E-state index contributed by atoms with van der Waals surface area (Å²) in [4.78, 5) is 8.54. The van der Waals surface area contributed by atoms with Crippen molar-refractivity contribution in [1.29, 1.82) is 0 Å². The van der Waals surface area contributed by atoms with Crippen LogP contribution in [0.15, 0.2) is 91.3 Å². The number of anilines is 3. The first-order valence-corrected chi connectivity index (χ1v) is 9.42. The van der Waals surface area contributed by atoms with Crippen LogP contribution in [0.4, 0.5) is 17.3 Å². The minimum atomic E-state index is 0.362. The molecule has 0 saturated carbocycles. The largest absolute Gasteiger partial charge is 0.457 e.